The molecule has 1 heterocycles. The second-order valence-corrected chi connectivity index (χ2v) is 6.55. The predicted molar refractivity (Wildman–Crippen MR) is 75.4 cm³/mol. The molecule has 0 bridgehead atoms. The van der Waals surface area contributed by atoms with E-state index in [-0.39, 0.29) is 0 Å². The van der Waals surface area contributed by atoms with Gasteiger partial charge in [0.15, 0.2) is 0 Å². The van der Waals surface area contributed by atoms with Crippen LogP contribution in [0.25, 0.3) is 10.1 Å². The van der Waals surface area contributed by atoms with Crippen LogP contribution in [0.4, 0.5) is 0 Å². The topological polar surface area (TPSA) is 54.4 Å². The van der Waals surface area contributed by atoms with Crippen LogP contribution in [0.5, 0.6) is 0 Å². The Hall–Kier alpha value is -1.20. The summed E-state index contributed by atoms with van der Waals surface area (Å²) in [5.74, 6) is -0.662. The van der Waals surface area contributed by atoms with Crippen molar-refractivity contribution in [1.29, 1.82) is 0 Å². The molecule has 0 aliphatic carbocycles. The van der Waals surface area contributed by atoms with Crippen LogP contribution >= 0.6 is 11.3 Å². The van der Waals surface area contributed by atoms with Gasteiger partial charge in [-0.1, -0.05) is 25.1 Å². The quantitative estimate of drug-likeness (QED) is 0.917. The molecule has 96 valence electrons. The van der Waals surface area contributed by atoms with Crippen molar-refractivity contribution in [3.05, 3.63) is 35.2 Å². The molecular formula is C13H14O3S2. The summed E-state index contributed by atoms with van der Waals surface area (Å²) < 4.78 is 13.2. The molecular weight excluding hydrogens is 268 g/mol. The highest BCUT2D eigenvalue weighted by molar-refractivity contribution is 7.85. The zero-order valence-electron chi connectivity index (χ0n) is 9.96. The van der Waals surface area contributed by atoms with Gasteiger partial charge in [0, 0.05) is 15.5 Å². The van der Waals surface area contributed by atoms with Gasteiger partial charge < -0.3 is 5.11 Å². The Bertz CT molecular complexity index is 589. The van der Waals surface area contributed by atoms with Crippen molar-refractivity contribution >= 4 is 38.2 Å². The lowest BCUT2D eigenvalue weighted by Gasteiger charge is -2.09. The molecule has 0 radical (unpaired) electrons. The molecule has 0 saturated heterocycles. The Morgan fingerprint density at radius 3 is 2.83 bits per heavy atom. The van der Waals surface area contributed by atoms with E-state index in [9.17, 15) is 9.00 Å². The molecule has 1 aromatic carbocycles. The SMILES string of the molecule is CCC(C(=O)O)S(=O)Cc1csc2ccccc12. The molecule has 18 heavy (non-hydrogen) atoms. The van der Waals surface area contributed by atoms with Crippen LogP contribution in [-0.2, 0) is 21.3 Å². The molecule has 1 N–H and O–H groups in total. The fourth-order valence-corrected chi connectivity index (χ4v) is 4.28. The number of aliphatic carboxylic acids is 1. The minimum Gasteiger partial charge on any atom is -0.480 e. The maximum atomic E-state index is 12.1. The van der Waals surface area contributed by atoms with E-state index < -0.39 is 22.0 Å². The summed E-state index contributed by atoms with van der Waals surface area (Å²) in [4.78, 5) is 11.0. The van der Waals surface area contributed by atoms with E-state index in [1.165, 1.54) is 0 Å². The number of thiophene rings is 1. The van der Waals surface area contributed by atoms with E-state index in [4.69, 9.17) is 5.11 Å². The van der Waals surface area contributed by atoms with E-state index in [1.807, 2.05) is 29.6 Å². The Morgan fingerprint density at radius 1 is 1.44 bits per heavy atom. The summed E-state index contributed by atoms with van der Waals surface area (Å²) in [6.07, 6.45) is 0.393. The van der Waals surface area contributed by atoms with E-state index in [1.54, 1.807) is 18.3 Å². The largest absolute Gasteiger partial charge is 0.480 e. The number of fused-ring (bicyclic) bond motifs is 1. The van der Waals surface area contributed by atoms with Gasteiger partial charge in [-0.05, 0) is 28.8 Å². The molecule has 1 aromatic heterocycles. The van der Waals surface area contributed by atoms with Crippen molar-refractivity contribution in [2.45, 2.75) is 24.3 Å². The summed E-state index contributed by atoms with van der Waals surface area (Å²) in [6.45, 7) is 1.75. The molecule has 0 spiro atoms. The summed E-state index contributed by atoms with van der Waals surface area (Å²) in [7, 11) is -1.37. The molecule has 2 rings (SSSR count). The lowest BCUT2D eigenvalue weighted by atomic mass is 10.2. The Kier molecular flexibility index (Phi) is 4.14. The molecule has 0 aliphatic heterocycles. The zero-order valence-corrected chi connectivity index (χ0v) is 11.6. The van der Waals surface area contributed by atoms with Crippen LogP contribution in [0.1, 0.15) is 18.9 Å². The van der Waals surface area contributed by atoms with Gasteiger partial charge in [0.25, 0.3) is 0 Å². The summed E-state index contributed by atoms with van der Waals surface area (Å²) >= 11 is 1.60. The first-order valence-electron chi connectivity index (χ1n) is 5.68. The van der Waals surface area contributed by atoms with Crippen molar-refractivity contribution in [2.75, 3.05) is 0 Å². The zero-order chi connectivity index (χ0) is 13.1. The third kappa shape index (κ3) is 2.62. The first-order valence-corrected chi connectivity index (χ1v) is 7.94. The molecule has 5 heteroatoms. The van der Waals surface area contributed by atoms with Gasteiger partial charge in [0.05, 0.1) is 5.75 Å². The lowest BCUT2D eigenvalue weighted by Crippen LogP contribution is -2.25. The molecule has 0 saturated carbocycles. The van der Waals surface area contributed by atoms with Gasteiger partial charge in [-0.2, -0.15) is 0 Å². The van der Waals surface area contributed by atoms with Crippen LogP contribution in [0.15, 0.2) is 29.6 Å². The van der Waals surface area contributed by atoms with Crippen LogP contribution in [0.2, 0.25) is 0 Å². The van der Waals surface area contributed by atoms with Crippen LogP contribution in [0.3, 0.4) is 0 Å². The van der Waals surface area contributed by atoms with Crippen molar-refractivity contribution in [2.24, 2.45) is 0 Å². The minimum absolute atomic E-state index is 0.314. The van der Waals surface area contributed by atoms with Gasteiger partial charge >= 0.3 is 5.97 Å². The molecule has 0 fully saturated rings. The summed E-state index contributed by atoms with van der Waals surface area (Å²) in [5.41, 5.74) is 0.980. The fourth-order valence-electron chi connectivity index (χ4n) is 1.87. The molecule has 3 nitrogen and oxygen atoms in total. The Labute approximate surface area is 112 Å². The molecule has 2 unspecified atom stereocenters. The lowest BCUT2D eigenvalue weighted by molar-refractivity contribution is -0.136. The first kappa shape index (κ1) is 13.2. The molecule has 0 amide bonds. The fraction of sp³-hybridized carbons (Fsp3) is 0.308. The normalized spacial score (nSPS) is 14.5. The number of carboxylic acid groups (broad SMARTS) is 1. The highest BCUT2D eigenvalue weighted by Gasteiger charge is 2.23. The van der Waals surface area contributed by atoms with Gasteiger partial charge in [-0.3, -0.25) is 9.00 Å². The van der Waals surface area contributed by atoms with Crippen LogP contribution < -0.4 is 0 Å². The highest BCUT2D eigenvalue weighted by atomic mass is 32.2. The Balaban J connectivity index is 2.24. The smallest absolute Gasteiger partial charge is 0.319 e. The number of carboxylic acids is 1. The van der Waals surface area contributed by atoms with Gasteiger partial charge in [-0.25, -0.2) is 0 Å². The summed E-state index contributed by atoms with van der Waals surface area (Å²) in [6, 6.07) is 7.91. The number of hydrogen-bond donors (Lipinski definition) is 1. The monoisotopic (exact) mass is 282 g/mol. The minimum atomic E-state index is -1.37. The van der Waals surface area contributed by atoms with Gasteiger partial charge in [0.1, 0.15) is 5.25 Å². The maximum absolute atomic E-state index is 12.1. The average molecular weight is 282 g/mol. The van der Waals surface area contributed by atoms with Crippen molar-refractivity contribution in [3.8, 4) is 0 Å². The highest BCUT2D eigenvalue weighted by Crippen LogP contribution is 2.27. The number of carbonyl (C=O) groups is 1. The van der Waals surface area contributed by atoms with E-state index in [0.717, 1.165) is 15.6 Å². The second-order valence-electron chi connectivity index (χ2n) is 4.02. The Morgan fingerprint density at radius 2 is 2.17 bits per heavy atom. The number of hydrogen-bond acceptors (Lipinski definition) is 3. The van der Waals surface area contributed by atoms with Gasteiger partial charge in [0.2, 0.25) is 0 Å². The maximum Gasteiger partial charge on any atom is 0.319 e. The second kappa shape index (κ2) is 5.63. The third-order valence-electron chi connectivity index (χ3n) is 2.82. The van der Waals surface area contributed by atoms with E-state index >= 15 is 0 Å². The standard InChI is InChI=1S/C13H14O3S2/c1-2-12(13(14)15)18(16)8-9-7-17-11-6-4-3-5-10(9)11/h3-7,12H,2,8H2,1H3,(H,14,15). The van der Waals surface area contributed by atoms with Gasteiger partial charge in [-0.15, -0.1) is 11.3 Å². The average Bonchev–Trinajstić information content (AvgIpc) is 2.73. The van der Waals surface area contributed by atoms with Crippen molar-refractivity contribution in [1.82, 2.24) is 0 Å². The van der Waals surface area contributed by atoms with Crippen molar-refractivity contribution < 1.29 is 14.1 Å². The molecule has 2 aromatic rings. The van der Waals surface area contributed by atoms with E-state index in [0.29, 0.717) is 12.2 Å². The van der Waals surface area contributed by atoms with Crippen molar-refractivity contribution in [3.63, 3.8) is 0 Å². The molecule has 0 aliphatic rings. The summed E-state index contributed by atoms with van der Waals surface area (Å²) in [5, 5.41) is 11.3. The van der Waals surface area contributed by atoms with E-state index in [2.05, 4.69) is 0 Å². The number of benzene rings is 1. The van der Waals surface area contributed by atoms with Crippen LogP contribution in [0, 0.1) is 0 Å². The predicted octanol–water partition coefficient (Wildman–Crippen LogP) is 3.01. The number of rotatable bonds is 5. The molecule has 2 atom stereocenters. The third-order valence-corrected chi connectivity index (χ3v) is 5.60. The van der Waals surface area contributed by atoms with Crippen LogP contribution in [-0.4, -0.2) is 20.5 Å². The first-order chi connectivity index (χ1) is 8.63.